The number of rotatable bonds is 1. The second-order valence-corrected chi connectivity index (χ2v) is 4.03. The van der Waals surface area contributed by atoms with Crippen LogP contribution in [0.5, 0.6) is 0 Å². The number of benzene rings is 1. The third kappa shape index (κ3) is 1.61. The van der Waals surface area contributed by atoms with Crippen molar-refractivity contribution in [2.75, 3.05) is 4.90 Å². The van der Waals surface area contributed by atoms with E-state index in [4.69, 9.17) is 11.5 Å². The lowest BCUT2D eigenvalue weighted by Gasteiger charge is -2.30. The van der Waals surface area contributed by atoms with Crippen LogP contribution in [0.4, 0.5) is 5.69 Å². The molecule has 90 valence electrons. The smallest absolute Gasteiger partial charge is 0.179 e. The van der Waals surface area contributed by atoms with Crippen LogP contribution in [0.25, 0.3) is 5.82 Å². The summed E-state index contributed by atoms with van der Waals surface area (Å²) >= 11 is 0. The van der Waals surface area contributed by atoms with E-state index in [2.05, 4.69) is 9.98 Å². The van der Waals surface area contributed by atoms with Crippen molar-refractivity contribution >= 4 is 11.5 Å². The number of aromatic nitrogens is 1. The first-order valence-electron chi connectivity index (χ1n) is 5.65. The molecule has 0 radical (unpaired) electrons. The van der Waals surface area contributed by atoms with Crippen LogP contribution in [0, 0.1) is 0 Å². The highest BCUT2D eigenvalue weighted by Gasteiger charge is 2.20. The summed E-state index contributed by atoms with van der Waals surface area (Å²) < 4.78 is 0. The molecule has 18 heavy (non-hydrogen) atoms. The summed E-state index contributed by atoms with van der Waals surface area (Å²) in [6, 6.07) is 11.4. The number of anilines is 1. The number of hydrogen-bond donors (Lipinski definition) is 2. The van der Waals surface area contributed by atoms with Crippen molar-refractivity contribution in [3.05, 3.63) is 59.4 Å². The summed E-state index contributed by atoms with van der Waals surface area (Å²) in [7, 11) is 0. The van der Waals surface area contributed by atoms with E-state index in [1.807, 2.05) is 36.4 Å². The van der Waals surface area contributed by atoms with Gasteiger partial charge in [0, 0.05) is 11.4 Å². The van der Waals surface area contributed by atoms with E-state index in [0.29, 0.717) is 5.82 Å². The Morgan fingerprint density at radius 3 is 2.72 bits per heavy atom. The van der Waals surface area contributed by atoms with Crippen LogP contribution in [0.2, 0.25) is 0 Å². The molecule has 5 heteroatoms. The minimum atomic E-state index is -0.524. The summed E-state index contributed by atoms with van der Waals surface area (Å²) in [5.41, 5.74) is 13.1. The topological polar surface area (TPSA) is 80.5 Å². The van der Waals surface area contributed by atoms with Crippen molar-refractivity contribution in [3.63, 3.8) is 0 Å². The molecule has 1 aliphatic heterocycles. The molecule has 0 bridgehead atoms. The van der Waals surface area contributed by atoms with Crippen molar-refractivity contribution in [3.8, 4) is 0 Å². The second-order valence-electron chi connectivity index (χ2n) is 4.03. The molecular formula is C13H13N5. The van der Waals surface area contributed by atoms with Crippen LogP contribution >= 0.6 is 0 Å². The summed E-state index contributed by atoms with van der Waals surface area (Å²) in [4.78, 5) is 10.3. The maximum Gasteiger partial charge on any atom is 0.179 e. The van der Waals surface area contributed by atoms with Crippen LogP contribution in [-0.4, -0.2) is 11.3 Å². The van der Waals surface area contributed by atoms with Gasteiger partial charge in [-0.25, -0.2) is 4.99 Å². The van der Waals surface area contributed by atoms with Gasteiger partial charge in [-0.2, -0.15) is 0 Å². The van der Waals surface area contributed by atoms with Crippen molar-refractivity contribution in [2.24, 2.45) is 16.5 Å². The Morgan fingerprint density at radius 2 is 1.94 bits per heavy atom. The third-order valence-electron chi connectivity index (χ3n) is 2.90. The molecule has 0 aliphatic carbocycles. The molecule has 0 fully saturated rings. The van der Waals surface area contributed by atoms with Gasteiger partial charge in [-0.15, -0.1) is 0 Å². The molecule has 1 atom stereocenters. The Hall–Kier alpha value is -2.40. The van der Waals surface area contributed by atoms with E-state index in [9.17, 15) is 0 Å². The predicted octanol–water partition coefficient (Wildman–Crippen LogP) is -0.512. The van der Waals surface area contributed by atoms with Gasteiger partial charge in [-0.05, 0) is 24.3 Å². The van der Waals surface area contributed by atoms with Crippen molar-refractivity contribution < 1.29 is 0 Å². The summed E-state index contributed by atoms with van der Waals surface area (Å²) in [6.07, 6.45) is 2.90. The fourth-order valence-corrected chi connectivity index (χ4v) is 2.06. The summed E-state index contributed by atoms with van der Waals surface area (Å²) in [5.74, 6) is 0.598. The molecule has 1 aliphatic rings. The van der Waals surface area contributed by atoms with Gasteiger partial charge in [0.2, 0.25) is 0 Å². The zero-order valence-corrected chi connectivity index (χ0v) is 9.69. The molecular weight excluding hydrogens is 226 g/mol. The number of fused-ring (bicyclic) bond motifs is 1. The first-order valence-corrected chi connectivity index (χ1v) is 5.65. The van der Waals surface area contributed by atoms with Crippen molar-refractivity contribution in [2.45, 2.75) is 6.29 Å². The van der Waals surface area contributed by atoms with Gasteiger partial charge >= 0.3 is 0 Å². The lowest BCUT2D eigenvalue weighted by molar-refractivity contribution is 0.680. The average Bonchev–Trinajstić information content (AvgIpc) is 2.40. The lowest BCUT2D eigenvalue weighted by atomic mass is 10.2. The number of hydrogen-bond acceptors (Lipinski definition) is 5. The first kappa shape index (κ1) is 10.7. The number of nitrogens with two attached hydrogens (primary N) is 2. The highest BCUT2D eigenvalue weighted by molar-refractivity contribution is 5.66. The van der Waals surface area contributed by atoms with Crippen LogP contribution in [0.1, 0.15) is 0 Å². The van der Waals surface area contributed by atoms with Crippen molar-refractivity contribution in [1.29, 1.82) is 0 Å². The van der Waals surface area contributed by atoms with Gasteiger partial charge in [0.25, 0.3) is 0 Å². The molecule has 2 aromatic rings. The quantitative estimate of drug-likeness (QED) is 0.702. The fraction of sp³-hybridized carbons (Fsp3) is 0.0769. The third-order valence-corrected chi connectivity index (χ3v) is 2.90. The predicted molar refractivity (Wildman–Crippen MR) is 69.5 cm³/mol. The molecule has 3 rings (SSSR count). The van der Waals surface area contributed by atoms with Crippen LogP contribution < -0.4 is 26.9 Å². The van der Waals surface area contributed by atoms with Gasteiger partial charge in [0.15, 0.2) is 6.29 Å². The highest BCUT2D eigenvalue weighted by atomic mass is 15.4. The average molecular weight is 239 g/mol. The van der Waals surface area contributed by atoms with Gasteiger partial charge in [-0.3, -0.25) is 15.6 Å². The van der Waals surface area contributed by atoms with E-state index >= 15 is 0 Å². The van der Waals surface area contributed by atoms with Gasteiger partial charge in [0.05, 0.1) is 17.2 Å². The zero-order chi connectivity index (χ0) is 12.5. The normalized spacial score (nSPS) is 18.2. The standard InChI is InChI=1S/C13H13N5/c14-12-10-5-1-2-6-11(10)17-13(15)18(12)9-4-3-7-16-8-9/h1-8,13H,14-15H2. The van der Waals surface area contributed by atoms with E-state index in [0.717, 1.165) is 16.3 Å². The molecule has 5 nitrogen and oxygen atoms in total. The van der Waals surface area contributed by atoms with Gasteiger partial charge < -0.3 is 5.73 Å². The molecule has 0 amide bonds. The fourth-order valence-electron chi connectivity index (χ4n) is 2.06. The first-order chi connectivity index (χ1) is 8.77. The molecule has 1 aromatic carbocycles. The minimum absolute atomic E-state index is 0.524. The molecule has 0 spiro atoms. The molecule has 0 saturated heterocycles. The van der Waals surface area contributed by atoms with Gasteiger partial charge in [0.1, 0.15) is 5.82 Å². The Morgan fingerprint density at radius 1 is 1.11 bits per heavy atom. The van der Waals surface area contributed by atoms with E-state index in [1.54, 1.807) is 17.3 Å². The molecule has 1 unspecified atom stereocenters. The SMILES string of the molecule is NC1=c2ccccc2=NC(N)N1c1cccnc1. The van der Waals surface area contributed by atoms with E-state index in [-0.39, 0.29) is 0 Å². The summed E-state index contributed by atoms with van der Waals surface area (Å²) in [5, 5.41) is 1.71. The minimum Gasteiger partial charge on any atom is -0.384 e. The van der Waals surface area contributed by atoms with Crippen molar-refractivity contribution in [1.82, 2.24) is 4.98 Å². The Bertz CT molecular complexity index is 680. The van der Waals surface area contributed by atoms with Crippen LogP contribution in [0.3, 0.4) is 0 Å². The maximum absolute atomic E-state index is 6.19. The second kappa shape index (κ2) is 4.12. The van der Waals surface area contributed by atoms with E-state index < -0.39 is 6.29 Å². The lowest BCUT2D eigenvalue weighted by Crippen LogP contribution is -2.52. The molecule has 4 N–H and O–H groups in total. The van der Waals surface area contributed by atoms with Crippen LogP contribution in [-0.2, 0) is 0 Å². The summed E-state index contributed by atoms with van der Waals surface area (Å²) in [6.45, 7) is 0. The largest absolute Gasteiger partial charge is 0.384 e. The number of nitrogens with zero attached hydrogens (tertiary/aromatic N) is 3. The zero-order valence-electron chi connectivity index (χ0n) is 9.69. The number of para-hydroxylation sites is 1. The molecule has 2 heterocycles. The van der Waals surface area contributed by atoms with Gasteiger partial charge in [-0.1, -0.05) is 12.1 Å². The van der Waals surface area contributed by atoms with E-state index in [1.165, 1.54) is 0 Å². The maximum atomic E-state index is 6.19. The molecule has 1 aromatic heterocycles. The monoisotopic (exact) mass is 239 g/mol. The number of pyridine rings is 1. The Balaban J connectivity index is 2.23. The Kier molecular flexibility index (Phi) is 2.46. The van der Waals surface area contributed by atoms with Crippen LogP contribution in [0.15, 0.2) is 53.8 Å². The Labute approximate surface area is 104 Å². The highest BCUT2D eigenvalue weighted by Crippen LogP contribution is 2.17. The molecule has 0 saturated carbocycles.